The maximum Gasteiger partial charge on any atom is 0.347 e. The number of piperidine rings is 1. The van der Waals surface area contributed by atoms with Gasteiger partial charge in [0.25, 0.3) is 0 Å². The zero-order valence-corrected chi connectivity index (χ0v) is 20.3. The van der Waals surface area contributed by atoms with Gasteiger partial charge in [0.1, 0.15) is 29.7 Å². The van der Waals surface area contributed by atoms with Crippen molar-refractivity contribution < 1.29 is 28.6 Å². The molecule has 33 heavy (non-hydrogen) atoms. The Kier molecular flexibility index (Phi) is 6.01. The van der Waals surface area contributed by atoms with Crippen LogP contribution in [0, 0.1) is 13.8 Å². The Morgan fingerprint density at radius 3 is 1.76 bits per heavy atom. The van der Waals surface area contributed by atoms with Gasteiger partial charge in [-0.15, -0.1) is 0 Å². The molecule has 176 valence electrons. The maximum absolute atomic E-state index is 13.7. The van der Waals surface area contributed by atoms with E-state index in [0.717, 1.165) is 28.5 Å². The maximum atomic E-state index is 13.7. The first-order chi connectivity index (χ1) is 15.6. The van der Waals surface area contributed by atoms with Gasteiger partial charge in [-0.1, -0.05) is 12.1 Å². The van der Waals surface area contributed by atoms with Gasteiger partial charge in [-0.05, 0) is 72.5 Å². The molecule has 2 aromatic rings. The van der Waals surface area contributed by atoms with E-state index in [1.807, 2.05) is 13.8 Å². The molecule has 1 N–H and O–H groups in total. The fourth-order valence-electron chi connectivity index (χ4n) is 5.22. The Morgan fingerprint density at radius 2 is 1.36 bits per heavy atom. The molecule has 0 spiro atoms. The lowest BCUT2D eigenvalue weighted by atomic mass is 9.84. The van der Waals surface area contributed by atoms with Crippen molar-refractivity contribution in [2.75, 3.05) is 28.3 Å². The van der Waals surface area contributed by atoms with Crippen LogP contribution >= 0.6 is 0 Å². The second-order valence-corrected chi connectivity index (χ2v) is 9.73. The second kappa shape index (κ2) is 8.50. The largest absolute Gasteiger partial charge is 0.496 e. The van der Waals surface area contributed by atoms with Crippen molar-refractivity contribution in [2.45, 2.75) is 50.5 Å². The molecule has 0 amide bonds. The number of likely N-dealkylation sites (N-methyl/N-ethyl adjacent to an activating group) is 1. The van der Waals surface area contributed by atoms with Crippen molar-refractivity contribution in [1.82, 2.24) is 0 Å². The predicted octanol–water partition coefficient (Wildman–Crippen LogP) is 3.65. The Hall–Kier alpha value is -2.83. The number of nitrogens with zero attached hydrogens (tertiary/aromatic N) is 1. The topological polar surface area (TPSA) is 65.0 Å². The van der Waals surface area contributed by atoms with E-state index in [0.29, 0.717) is 34.7 Å². The van der Waals surface area contributed by atoms with Crippen molar-refractivity contribution in [1.29, 1.82) is 0 Å². The molecule has 2 unspecified atom stereocenters. The standard InChI is InChI=1S/C27H34NO5/c1-17-13-19(7-11-24(17)31-5)27(30,20-8-12-25(32-6)18(2)14-20)26(29)33-23-15-21-9-10-22(16-23)28(21,3)4/h7-14,21-23,30H,15-16H2,1-6H3/q+1. The fraction of sp³-hybridized carbons (Fsp3) is 0.444. The highest BCUT2D eigenvalue weighted by Crippen LogP contribution is 2.39. The minimum atomic E-state index is -1.96. The van der Waals surface area contributed by atoms with E-state index in [9.17, 15) is 9.90 Å². The second-order valence-electron chi connectivity index (χ2n) is 9.73. The van der Waals surface area contributed by atoms with Gasteiger partial charge in [-0.2, -0.15) is 0 Å². The van der Waals surface area contributed by atoms with Crippen molar-refractivity contribution in [3.63, 3.8) is 0 Å². The summed E-state index contributed by atoms with van der Waals surface area (Å²) in [7, 11) is 7.62. The van der Waals surface area contributed by atoms with Crippen LogP contribution in [0.3, 0.4) is 0 Å². The molecule has 0 saturated carbocycles. The van der Waals surface area contributed by atoms with E-state index >= 15 is 0 Å². The number of ether oxygens (including phenoxy) is 3. The van der Waals surface area contributed by atoms with Crippen molar-refractivity contribution in [3.05, 3.63) is 70.8 Å². The van der Waals surface area contributed by atoms with Crippen molar-refractivity contribution >= 4 is 5.97 Å². The fourth-order valence-corrected chi connectivity index (χ4v) is 5.22. The SMILES string of the molecule is COc1ccc(C(O)(C(=O)OC2CC3C=CC(C2)[N+]3(C)C)c2ccc(OC)c(C)c2)cc1C. The lowest BCUT2D eigenvalue weighted by Crippen LogP contribution is -2.57. The lowest BCUT2D eigenvalue weighted by molar-refractivity contribution is -0.926. The van der Waals surface area contributed by atoms with E-state index in [4.69, 9.17) is 14.2 Å². The number of methoxy groups -OCH3 is 2. The smallest absolute Gasteiger partial charge is 0.347 e. The number of fused-ring (bicyclic) bond motifs is 2. The van der Waals surface area contributed by atoms with Crippen LogP contribution in [0.25, 0.3) is 0 Å². The summed E-state index contributed by atoms with van der Waals surface area (Å²) in [5.41, 5.74) is 0.588. The molecule has 2 atom stereocenters. The zero-order valence-electron chi connectivity index (χ0n) is 20.3. The number of esters is 1. The van der Waals surface area contributed by atoms with Crippen LogP contribution in [0.15, 0.2) is 48.6 Å². The highest BCUT2D eigenvalue weighted by Gasteiger charge is 2.49. The quantitative estimate of drug-likeness (QED) is 0.412. The minimum absolute atomic E-state index is 0.251. The molecular formula is C27H34NO5+. The average Bonchev–Trinajstić information content (AvgIpc) is 2.94. The first-order valence-electron chi connectivity index (χ1n) is 11.4. The summed E-state index contributed by atoms with van der Waals surface area (Å²) in [6.45, 7) is 3.77. The molecule has 2 aliphatic rings. The molecule has 1 fully saturated rings. The molecule has 2 aliphatic heterocycles. The Balaban J connectivity index is 1.71. The highest BCUT2D eigenvalue weighted by atomic mass is 16.6. The zero-order chi connectivity index (χ0) is 24.0. The molecular weight excluding hydrogens is 418 g/mol. The van der Waals surface area contributed by atoms with E-state index in [1.54, 1.807) is 50.6 Å². The Labute approximate surface area is 196 Å². The van der Waals surface area contributed by atoms with Crippen LogP contribution in [0.4, 0.5) is 0 Å². The highest BCUT2D eigenvalue weighted by molar-refractivity contribution is 5.86. The van der Waals surface area contributed by atoms with Gasteiger partial charge in [-0.3, -0.25) is 0 Å². The Morgan fingerprint density at radius 1 is 0.909 bits per heavy atom. The third-order valence-corrected chi connectivity index (χ3v) is 7.47. The molecule has 2 bridgehead atoms. The van der Waals surface area contributed by atoms with Crippen LogP contribution in [0.1, 0.15) is 35.1 Å². The number of rotatable bonds is 6. The van der Waals surface area contributed by atoms with Gasteiger partial charge >= 0.3 is 5.97 Å². The van der Waals surface area contributed by atoms with Crippen LogP contribution in [0.5, 0.6) is 11.5 Å². The lowest BCUT2D eigenvalue weighted by Gasteiger charge is -2.44. The van der Waals surface area contributed by atoms with Crippen LogP contribution in [-0.4, -0.2) is 62.1 Å². The van der Waals surface area contributed by atoms with Gasteiger partial charge < -0.3 is 23.8 Å². The number of quaternary nitrogens is 1. The first kappa shape index (κ1) is 23.3. The van der Waals surface area contributed by atoms with Gasteiger partial charge in [0.15, 0.2) is 0 Å². The van der Waals surface area contributed by atoms with Gasteiger partial charge in [0.2, 0.25) is 5.60 Å². The average molecular weight is 453 g/mol. The molecule has 4 rings (SSSR count). The summed E-state index contributed by atoms with van der Waals surface area (Å²) in [6, 6.07) is 11.2. The third-order valence-electron chi connectivity index (χ3n) is 7.47. The number of carbonyl (C=O) groups is 1. The van der Waals surface area contributed by atoms with Crippen LogP contribution < -0.4 is 9.47 Å². The molecule has 6 nitrogen and oxygen atoms in total. The van der Waals surface area contributed by atoms with Crippen LogP contribution in [0.2, 0.25) is 0 Å². The van der Waals surface area contributed by atoms with E-state index in [2.05, 4.69) is 26.2 Å². The van der Waals surface area contributed by atoms with Crippen molar-refractivity contribution in [2.24, 2.45) is 0 Å². The number of hydrogen-bond acceptors (Lipinski definition) is 5. The van der Waals surface area contributed by atoms with E-state index in [-0.39, 0.29) is 6.10 Å². The Bertz CT molecular complexity index is 1020. The number of hydrogen-bond donors (Lipinski definition) is 1. The summed E-state index contributed by atoms with van der Waals surface area (Å²) in [6.07, 6.45) is 5.68. The summed E-state index contributed by atoms with van der Waals surface area (Å²) in [5, 5.41) is 12.0. The molecule has 0 aromatic heterocycles. The molecule has 2 aromatic carbocycles. The third kappa shape index (κ3) is 3.91. The van der Waals surface area contributed by atoms with Crippen LogP contribution in [-0.2, 0) is 15.1 Å². The normalized spacial score (nSPS) is 23.3. The van der Waals surface area contributed by atoms with Gasteiger partial charge in [-0.25, -0.2) is 4.79 Å². The minimum Gasteiger partial charge on any atom is -0.496 e. The predicted molar refractivity (Wildman–Crippen MR) is 126 cm³/mol. The first-order valence-corrected chi connectivity index (χ1v) is 11.4. The molecule has 0 aliphatic carbocycles. The molecule has 0 radical (unpaired) electrons. The van der Waals surface area contributed by atoms with Gasteiger partial charge in [0.05, 0.1) is 28.3 Å². The molecule has 1 saturated heterocycles. The molecule has 2 heterocycles. The summed E-state index contributed by atoms with van der Waals surface area (Å²) >= 11 is 0. The number of aryl methyl sites for hydroxylation is 2. The number of aliphatic hydroxyl groups is 1. The van der Waals surface area contributed by atoms with Gasteiger partial charge in [0, 0.05) is 12.8 Å². The monoisotopic (exact) mass is 452 g/mol. The summed E-state index contributed by atoms with van der Waals surface area (Å²) in [5.74, 6) is 0.721. The number of carbonyl (C=O) groups excluding carboxylic acids is 1. The summed E-state index contributed by atoms with van der Waals surface area (Å²) < 4.78 is 17.7. The number of benzene rings is 2. The van der Waals surface area contributed by atoms with E-state index in [1.165, 1.54) is 0 Å². The van der Waals surface area contributed by atoms with Crippen molar-refractivity contribution in [3.8, 4) is 11.5 Å². The summed E-state index contributed by atoms with van der Waals surface area (Å²) in [4.78, 5) is 13.7. The molecule has 6 heteroatoms. The van der Waals surface area contributed by atoms with E-state index < -0.39 is 11.6 Å².